The summed E-state index contributed by atoms with van der Waals surface area (Å²) in [7, 11) is 0. The van der Waals surface area contributed by atoms with Gasteiger partial charge in [0.2, 0.25) is 5.88 Å². The topological polar surface area (TPSA) is 134 Å². The van der Waals surface area contributed by atoms with Crippen LogP contribution in [0.3, 0.4) is 0 Å². The Hall–Kier alpha value is -3.95. The van der Waals surface area contributed by atoms with Crippen LogP contribution in [0.2, 0.25) is 0 Å². The number of carbonyl (C=O) groups is 1. The van der Waals surface area contributed by atoms with Crippen molar-refractivity contribution in [3.63, 3.8) is 0 Å². The van der Waals surface area contributed by atoms with Crippen LogP contribution in [0, 0.1) is 5.92 Å². The van der Waals surface area contributed by atoms with Gasteiger partial charge in [-0.25, -0.2) is 0 Å². The van der Waals surface area contributed by atoms with Gasteiger partial charge in [-0.05, 0) is 31.1 Å². The number of nitrogens with one attached hydrogen (secondary N) is 3. The second-order valence-corrected chi connectivity index (χ2v) is 9.21. The van der Waals surface area contributed by atoms with E-state index in [4.69, 9.17) is 0 Å². The number of aromatic hydroxyl groups is 1. The molecule has 0 spiro atoms. The van der Waals surface area contributed by atoms with Gasteiger partial charge in [0.25, 0.3) is 16.8 Å². The fraction of sp³-hybridized carbons (Fsp3) is 0.400. The molecule has 2 aromatic rings. The van der Waals surface area contributed by atoms with Crippen LogP contribution in [0.1, 0.15) is 31.1 Å². The monoisotopic (exact) mass is 481 g/mol. The summed E-state index contributed by atoms with van der Waals surface area (Å²) >= 11 is 0. The van der Waals surface area contributed by atoms with Gasteiger partial charge in [0.15, 0.2) is 5.75 Å². The molecule has 2 heterocycles. The Morgan fingerprint density at radius 1 is 1.03 bits per heavy atom. The number of amides is 1. The molecule has 10 heteroatoms. The Bertz CT molecular complexity index is 1250. The second-order valence-electron chi connectivity index (χ2n) is 9.21. The maximum atomic E-state index is 13.2. The van der Waals surface area contributed by atoms with E-state index >= 15 is 0 Å². The van der Waals surface area contributed by atoms with Crippen molar-refractivity contribution in [2.75, 3.05) is 43.4 Å². The standard InChI is InChI=1S/C25H31N5O5/c1-14(2)15(3)27-19-20(23(33)22(19)32)28-17-7-4-6-16(21(17)31)25(35)30-12-10-29(11-13-30)18-8-5-9-26-24(18)34/h4-8,14-15,26-28,31,34H,9-13H2,1-3H3/t15-/m0/s1. The SMILES string of the molecule is CC(C)[C@H](C)Nc1c(Nc2cccc(C(=O)N3CCN(C4=C(O)NCC=C4)CC3)c2O)c(=O)c1=O. The molecular formula is C25H31N5O5. The Morgan fingerprint density at radius 3 is 2.37 bits per heavy atom. The number of hydrogen-bond donors (Lipinski definition) is 5. The minimum Gasteiger partial charge on any atom is -0.505 e. The summed E-state index contributed by atoms with van der Waals surface area (Å²) in [5.74, 6) is -0.250. The lowest BCUT2D eigenvalue weighted by Crippen LogP contribution is -2.48. The molecule has 5 N–H and O–H groups in total. The molecule has 0 radical (unpaired) electrons. The number of para-hydroxylation sites is 1. The van der Waals surface area contributed by atoms with Crippen molar-refractivity contribution in [2.45, 2.75) is 26.8 Å². The lowest BCUT2D eigenvalue weighted by atomic mass is 10.0. The van der Waals surface area contributed by atoms with Crippen molar-refractivity contribution in [3.8, 4) is 5.75 Å². The van der Waals surface area contributed by atoms with Gasteiger partial charge < -0.3 is 36.0 Å². The van der Waals surface area contributed by atoms with Crippen molar-refractivity contribution in [1.82, 2.24) is 15.1 Å². The lowest BCUT2D eigenvalue weighted by molar-refractivity contribution is 0.0665. The number of aliphatic hydroxyl groups is 1. The van der Waals surface area contributed by atoms with E-state index in [1.54, 1.807) is 17.0 Å². The third-order valence-corrected chi connectivity index (χ3v) is 6.62. The molecule has 0 aliphatic carbocycles. The van der Waals surface area contributed by atoms with Gasteiger partial charge in [-0.3, -0.25) is 14.4 Å². The van der Waals surface area contributed by atoms with E-state index in [1.165, 1.54) is 6.07 Å². The molecule has 1 saturated heterocycles. The average molecular weight is 482 g/mol. The molecule has 186 valence electrons. The zero-order chi connectivity index (χ0) is 25.3. The first-order valence-electron chi connectivity index (χ1n) is 11.8. The molecule has 2 aliphatic heterocycles. The second kappa shape index (κ2) is 9.73. The normalized spacial score (nSPS) is 17.0. The van der Waals surface area contributed by atoms with Gasteiger partial charge >= 0.3 is 0 Å². The molecule has 0 saturated carbocycles. The van der Waals surface area contributed by atoms with Crippen LogP contribution in [0.25, 0.3) is 0 Å². The molecule has 35 heavy (non-hydrogen) atoms. The molecule has 1 atom stereocenters. The van der Waals surface area contributed by atoms with Crippen molar-refractivity contribution < 1.29 is 15.0 Å². The Morgan fingerprint density at radius 2 is 1.71 bits per heavy atom. The predicted octanol–water partition coefficient (Wildman–Crippen LogP) is 1.83. The van der Waals surface area contributed by atoms with Crippen molar-refractivity contribution in [2.24, 2.45) is 5.92 Å². The molecule has 2 aliphatic rings. The van der Waals surface area contributed by atoms with Crippen LogP contribution in [0.4, 0.5) is 17.1 Å². The fourth-order valence-corrected chi connectivity index (χ4v) is 4.07. The first-order chi connectivity index (χ1) is 16.7. The quantitative estimate of drug-likeness (QED) is 0.297. The summed E-state index contributed by atoms with van der Waals surface area (Å²) in [6.45, 7) is 8.38. The molecular weight excluding hydrogens is 450 g/mol. The number of aliphatic hydroxyl groups excluding tert-OH is 1. The van der Waals surface area contributed by atoms with E-state index in [0.717, 1.165) is 0 Å². The Kier molecular flexibility index (Phi) is 6.72. The molecule has 0 bridgehead atoms. The summed E-state index contributed by atoms with van der Waals surface area (Å²) in [6, 6.07) is 4.66. The molecule has 0 aromatic heterocycles. The zero-order valence-electron chi connectivity index (χ0n) is 20.1. The van der Waals surface area contributed by atoms with Gasteiger partial charge in [0.05, 0.1) is 16.9 Å². The van der Waals surface area contributed by atoms with Crippen molar-refractivity contribution in [1.29, 1.82) is 0 Å². The van der Waals surface area contributed by atoms with Crippen LogP contribution in [0.5, 0.6) is 5.75 Å². The Labute approximate surface area is 203 Å². The molecule has 1 fully saturated rings. The number of nitrogens with zero attached hydrogens (tertiary/aromatic N) is 2. The highest BCUT2D eigenvalue weighted by molar-refractivity contribution is 5.99. The number of anilines is 3. The van der Waals surface area contributed by atoms with Gasteiger partial charge in [-0.1, -0.05) is 26.0 Å². The van der Waals surface area contributed by atoms with Gasteiger partial charge in [-0.2, -0.15) is 0 Å². The van der Waals surface area contributed by atoms with E-state index in [9.17, 15) is 24.6 Å². The summed E-state index contributed by atoms with van der Waals surface area (Å²) in [6.07, 6.45) is 3.78. The minimum atomic E-state index is -0.667. The number of carbonyl (C=O) groups excluding carboxylic acids is 1. The number of benzene rings is 1. The van der Waals surface area contributed by atoms with Crippen LogP contribution >= 0.6 is 0 Å². The molecule has 4 rings (SSSR count). The first-order valence-corrected chi connectivity index (χ1v) is 11.8. The zero-order valence-corrected chi connectivity index (χ0v) is 20.1. The lowest BCUT2D eigenvalue weighted by Gasteiger charge is -2.37. The van der Waals surface area contributed by atoms with Crippen LogP contribution in [-0.4, -0.2) is 64.7 Å². The average Bonchev–Trinajstić information content (AvgIpc) is 2.86. The number of phenols is 1. The van der Waals surface area contributed by atoms with Gasteiger partial charge in [0, 0.05) is 38.8 Å². The highest BCUT2D eigenvalue weighted by Gasteiger charge is 2.28. The predicted molar refractivity (Wildman–Crippen MR) is 135 cm³/mol. The summed E-state index contributed by atoms with van der Waals surface area (Å²) in [4.78, 5) is 41.1. The summed E-state index contributed by atoms with van der Waals surface area (Å²) < 4.78 is 0. The van der Waals surface area contributed by atoms with Crippen molar-refractivity contribution >= 4 is 23.0 Å². The first kappa shape index (κ1) is 24.2. The smallest absolute Gasteiger partial charge is 0.257 e. The number of piperazine rings is 1. The highest BCUT2D eigenvalue weighted by Crippen LogP contribution is 2.33. The highest BCUT2D eigenvalue weighted by atomic mass is 16.3. The number of hydrogen-bond acceptors (Lipinski definition) is 9. The minimum absolute atomic E-state index is 0.0309. The molecule has 1 amide bonds. The number of allylic oxidation sites excluding steroid dienone is 1. The van der Waals surface area contributed by atoms with E-state index < -0.39 is 10.9 Å². The third-order valence-electron chi connectivity index (χ3n) is 6.62. The molecule has 0 unspecified atom stereocenters. The van der Waals surface area contributed by atoms with Crippen LogP contribution in [0.15, 0.2) is 51.5 Å². The number of rotatable bonds is 7. The van der Waals surface area contributed by atoms with E-state index in [1.807, 2.05) is 37.8 Å². The van der Waals surface area contributed by atoms with E-state index in [2.05, 4.69) is 16.0 Å². The van der Waals surface area contributed by atoms with E-state index in [0.29, 0.717) is 38.4 Å². The summed E-state index contributed by atoms with van der Waals surface area (Å²) in [5, 5.41) is 29.7. The maximum Gasteiger partial charge on any atom is 0.257 e. The van der Waals surface area contributed by atoms with Crippen molar-refractivity contribution in [3.05, 3.63) is 67.9 Å². The Balaban J connectivity index is 1.47. The van der Waals surface area contributed by atoms with Gasteiger partial charge in [0.1, 0.15) is 11.4 Å². The molecule has 10 nitrogen and oxygen atoms in total. The maximum absolute atomic E-state index is 13.2. The van der Waals surface area contributed by atoms with Gasteiger partial charge in [-0.15, -0.1) is 0 Å². The number of phenolic OH excluding ortho intramolecular Hbond substituents is 1. The summed E-state index contributed by atoms with van der Waals surface area (Å²) in [5.41, 5.74) is -0.0239. The largest absolute Gasteiger partial charge is 0.505 e. The molecule has 2 aromatic carbocycles. The van der Waals surface area contributed by atoms with E-state index in [-0.39, 0.29) is 52.1 Å². The number of dihydropyridines is 1. The fourth-order valence-electron chi connectivity index (χ4n) is 4.07. The third kappa shape index (κ3) is 4.68. The van der Waals surface area contributed by atoms with Crippen LogP contribution in [-0.2, 0) is 0 Å². The van der Waals surface area contributed by atoms with Crippen LogP contribution < -0.4 is 26.8 Å².